The molecule has 1 saturated heterocycles. The van der Waals surface area contributed by atoms with Crippen molar-refractivity contribution in [2.45, 2.75) is 32.0 Å². The lowest BCUT2D eigenvalue weighted by molar-refractivity contribution is 0.118. The first-order valence-corrected chi connectivity index (χ1v) is 7.20. The highest BCUT2D eigenvalue weighted by molar-refractivity contribution is 9.10. The molecule has 0 spiro atoms. The Morgan fingerprint density at radius 2 is 2.28 bits per heavy atom. The summed E-state index contributed by atoms with van der Waals surface area (Å²) in [4.78, 5) is 2.32. The molecule has 1 aliphatic heterocycles. The van der Waals surface area contributed by atoms with Gasteiger partial charge in [-0.25, -0.2) is 0 Å². The third-order valence-corrected chi connectivity index (χ3v) is 4.38. The third-order valence-electron chi connectivity index (χ3n) is 3.64. The van der Waals surface area contributed by atoms with Crippen molar-refractivity contribution in [1.29, 1.82) is 0 Å². The fourth-order valence-corrected chi connectivity index (χ4v) is 3.02. The molecule has 2 rings (SSSR count). The van der Waals surface area contributed by atoms with E-state index < -0.39 is 0 Å². The van der Waals surface area contributed by atoms with Gasteiger partial charge in [0.1, 0.15) is 0 Å². The van der Waals surface area contributed by atoms with E-state index in [0.717, 1.165) is 24.0 Å². The second kappa shape index (κ2) is 6.04. The van der Waals surface area contributed by atoms with Crippen molar-refractivity contribution in [3.63, 3.8) is 0 Å². The number of hydrogen-bond donors (Lipinski definition) is 1. The van der Waals surface area contributed by atoms with Crippen molar-refractivity contribution < 1.29 is 4.74 Å². The lowest BCUT2D eigenvalue weighted by Gasteiger charge is -2.29. The van der Waals surface area contributed by atoms with Gasteiger partial charge in [-0.05, 0) is 38.1 Å². The van der Waals surface area contributed by atoms with Gasteiger partial charge in [-0.3, -0.25) is 0 Å². The molecule has 4 heteroatoms. The molecule has 1 aromatic carbocycles. The number of anilines is 1. The summed E-state index contributed by atoms with van der Waals surface area (Å²) < 4.78 is 6.80. The zero-order chi connectivity index (χ0) is 13.1. The summed E-state index contributed by atoms with van der Waals surface area (Å²) in [5.74, 6) is 0. The Balaban J connectivity index is 2.15. The largest absolute Gasteiger partial charge is 0.376 e. The lowest BCUT2D eigenvalue weighted by Crippen LogP contribution is -2.36. The zero-order valence-electron chi connectivity index (χ0n) is 11.2. The van der Waals surface area contributed by atoms with Crippen molar-refractivity contribution in [1.82, 2.24) is 5.32 Å². The number of rotatable bonds is 4. The molecule has 18 heavy (non-hydrogen) atoms. The molecule has 2 unspecified atom stereocenters. The fraction of sp³-hybridized carbons (Fsp3) is 0.571. The van der Waals surface area contributed by atoms with Crippen molar-refractivity contribution in [3.8, 4) is 0 Å². The van der Waals surface area contributed by atoms with Crippen molar-refractivity contribution >= 4 is 21.6 Å². The number of nitrogens with zero attached hydrogens (tertiary/aromatic N) is 1. The molecular weight excluding hydrogens is 292 g/mol. The van der Waals surface area contributed by atoms with Gasteiger partial charge in [0.25, 0.3) is 0 Å². The Morgan fingerprint density at radius 1 is 1.50 bits per heavy atom. The van der Waals surface area contributed by atoms with Crippen LogP contribution < -0.4 is 10.2 Å². The lowest BCUT2D eigenvalue weighted by atomic mass is 10.1. The van der Waals surface area contributed by atoms with E-state index in [0.29, 0.717) is 12.1 Å². The SMILES string of the molecule is CNCc1ccc(N(C)C2CCOC2C)cc1Br. The predicted molar refractivity (Wildman–Crippen MR) is 79.1 cm³/mol. The molecule has 1 aromatic rings. The topological polar surface area (TPSA) is 24.5 Å². The van der Waals surface area contributed by atoms with Crippen LogP contribution in [0.4, 0.5) is 5.69 Å². The molecule has 0 amide bonds. The molecule has 0 aromatic heterocycles. The second-order valence-corrected chi connectivity index (χ2v) is 5.70. The van der Waals surface area contributed by atoms with Gasteiger partial charge in [0, 0.05) is 30.4 Å². The van der Waals surface area contributed by atoms with Crippen LogP contribution in [0.25, 0.3) is 0 Å². The molecule has 1 N–H and O–H groups in total. The Bertz CT molecular complexity index is 411. The fourth-order valence-electron chi connectivity index (χ4n) is 2.51. The van der Waals surface area contributed by atoms with Crippen molar-refractivity contribution in [2.24, 2.45) is 0 Å². The monoisotopic (exact) mass is 312 g/mol. The molecule has 1 fully saturated rings. The van der Waals surface area contributed by atoms with E-state index in [2.05, 4.69) is 58.3 Å². The minimum absolute atomic E-state index is 0.311. The molecule has 0 saturated carbocycles. The van der Waals surface area contributed by atoms with Gasteiger partial charge < -0.3 is 15.0 Å². The minimum atomic E-state index is 0.311. The molecule has 0 radical (unpaired) electrons. The Labute approximate surface area is 118 Å². The maximum atomic E-state index is 5.64. The number of halogens is 1. The molecular formula is C14H21BrN2O. The van der Waals surface area contributed by atoms with Gasteiger partial charge in [-0.2, -0.15) is 0 Å². The van der Waals surface area contributed by atoms with Crippen LogP contribution >= 0.6 is 15.9 Å². The third kappa shape index (κ3) is 2.87. The molecule has 2 atom stereocenters. The van der Waals surface area contributed by atoms with E-state index in [-0.39, 0.29) is 0 Å². The number of hydrogen-bond acceptors (Lipinski definition) is 3. The van der Waals surface area contributed by atoms with Crippen molar-refractivity contribution in [3.05, 3.63) is 28.2 Å². The van der Waals surface area contributed by atoms with Gasteiger partial charge >= 0.3 is 0 Å². The quantitative estimate of drug-likeness (QED) is 0.925. The van der Waals surface area contributed by atoms with E-state index >= 15 is 0 Å². The van der Waals surface area contributed by atoms with E-state index in [1.165, 1.54) is 11.3 Å². The Morgan fingerprint density at radius 3 is 2.83 bits per heavy atom. The van der Waals surface area contributed by atoms with Crippen LogP contribution in [0.15, 0.2) is 22.7 Å². The Hall–Kier alpha value is -0.580. The average molecular weight is 313 g/mol. The number of benzene rings is 1. The van der Waals surface area contributed by atoms with Crippen molar-refractivity contribution in [2.75, 3.05) is 25.6 Å². The number of ether oxygens (including phenoxy) is 1. The second-order valence-electron chi connectivity index (χ2n) is 4.85. The molecule has 1 aliphatic rings. The van der Waals surface area contributed by atoms with Gasteiger partial charge in [-0.1, -0.05) is 22.0 Å². The predicted octanol–water partition coefficient (Wildman–Crippen LogP) is 2.78. The zero-order valence-corrected chi connectivity index (χ0v) is 12.8. The molecule has 0 aliphatic carbocycles. The van der Waals surface area contributed by atoms with Crippen LogP contribution in [0.2, 0.25) is 0 Å². The summed E-state index contributed by atoms with van der Waals surface area (Å²) in [6, 6.07) is 7.03. The summed E-state index contributed by atoms with van der Waals surface area (Å²) >= 11 is 3.64. The summed E-state index contributed by atoms with van der Waals surface area (Å²) in [6.07, 6.45) is 1.42. The Kier molecular flexibility index (Phi) is 4.65. The number of nitrogens with one attached hydrogen (secondary N) is 1. The first kappa shape index (κ1) is 13.8. The van der Waals surface area contributed by atoms with Gasteiger partial charge in [-0.15, -0.1) is 0 Å². The highest BCUT2D eigenvalue weighted by Crippen LogP contribution is 2.28. The summed E-state index contributed by atoms with van der Waals surface area (Å²) in [7, 11) is 4.11. The van der Waals surface area contributed by atoms with Gasteiger partial charge in [0.15, 0.2) is 0 Å². The molecule has 0 bridgehead atoms. The van der Waals surface area contributed by atoms with Gasteiger partial charge in [0.2, 0.25) is 0 Å². The average Bonchev–Trinajstić information content (AvgIpc) is 2.77. The number of likely N-dealkylation sites (N-methyl/N-ethyl adjacent to an activating group) is 1. The highest BCUT2D eigenvalue weighted by atomic mass is 79.9. The van der Waals surface area contributed by atoms with E-state index in [4.69, 9.17) is 4.74 Å². The molecule has 1 heterocycles. The summed E-state index contributed by atoms with van der Waals surface area (Å²) in [6.45, 7) is 3.90. The highest BCUT2D eigenvalue weighted by Gasteiger charge is 2.28. The van der Waals surface area contributed by atoms with Crippen LogP contribution in [0.1, 0.15) is 18.9 Å². The van der Waals surface area contributed by atoms with E-state index in [1.807, 2.05) is 7.05 Å². The maximum Gasteiger partial charge on any atom is 0.0750 e. The first-order valence-electron chi connectivity index (χ1n) is 6.41. The van der Waals surface area contributed by atoms with Crippen LogP contribution in [0.5, 0.6) is 0 Å². The minimum Gasteiger partial charge on any atom is -0.376 e. The summed E-state index contributed by atoms with van der Waals surface area (Å²) in [5.41, 5.74) is 2.52. The van der Waals surface area contributed by atoms with Gasteiger partial charge in [0.05, 0.1) is 12.1 Å². The maximum absolute atomic E-state index is 5.64. The smallest absolute Gasteiger partial charge is 0.0750 e. The van der Waals surface area contributed by atoms with Crippen LogP contribution in [0, 0.1) is 0 Å². The first-order chi connectivity index (χ1) is 8.63. The van der Waals surface area contributed by atoms with Crippen LogP contribution in [-0.2, 0) is 11.3 Å². The van der Waals surface area contributed by atoms with E-state index in [9.17, 15) is 0 Å². The molecule has 3 nitrogen and oxygen atoms in total. The van der Waals surface area contributed by atoms with Crippen LogP contribution in [-0.4, -0.2) is 32.8 Å². The standard InChI is InChI=1S/C14H21BrN2O/c1-10-14(6-7-18-10)17(3)12-5-4-11(9-16-2)13(15)8-12/h4-5,8,10,14,16H,6-7,9H2,1-3H3. The van der Waals surface area contributed by atoms with Crippen LogP contribution in [0.3, 0.4) is 0 Å². The summed E-state index contributed by atoms with van der Waals surface area (Å²) in [5, 5.41) is 3.17. The normalized spacial score (nSPS) is 23.3. The molecule has 100 valence electrons. The van der Waals surface area contributed by atoms with E-state index in [1.54, 1.807) is 0 Å².